The van der Waals surface area contributed by atoms with E-state index in [2.05, 4.69) is 6.92 Å². The van der Waals surface area contributed by atoms with Gasteiger partial charge >= 0.3 is 11.9 Å². The van der Waals surface area contributed by atoms with Crippen LogP contribution in [0, 0.1) is 0 Å². The molecule has 0 rings (SSSR count). The number of aliphatic hydroxyl groups is 2. The van der Waals surface area contributed by atoms with Gasteiger partial charge in [-0.25, -0.2) is 9.59 Å². The Morgan fingerprint density at radius 1 is 0.676 bits per heavy atom. The minimum atomic E-state index is -1.26. The number of unbranched alkanes of at least 4 members (excludes halogenated alkanes) is 1. The Balaban J connectivity index is 0. The zero-order chi connectivity index (χ0) is 25.7. The number of carboxylic acid groups (broad SMARTS) is 2. The zero-order valence-electron chi connectivity index (χ0n) is 20.1. The van der Waals surface area contributed by atoms with Crippen molar-refractivity contribution in [3.05, 3.63) is 12.2 Å². The predicted octanol–water partition coefficient (Wildman–Crippen LogP) is 0.341. The molecule has 1 unspecified atom stereocenters. The van der Waals surface area contributed by atoms with E-state index in [9.17, 15) is 14.7 Å². The molecule has 202 valence electrons. The van der Waals surface area contributed by atoms with Crippen LogP contribution in [-0.4, -0.2) is 124 Å². The summed E-state index contributed by atoms with van der Waals surface area (Å²) in [5, 5.41) is 33.7. The fraction of sp³-hybridized carbons (Fsp3) is 0.818. The van der Waals surface area contributed by atoms with Crippen molar-refractivity contribution in [2.45, 2.75) is 32.3 Å². The number of rotatable bonds is 24. The molecule has 0 fully saturated rings. The normalized spacial score (nSPS) is 11.9. The van der Waals surface area contributed by atoms with Crippen molar-refractivity contribution in [2.24, 2.45) is 0 Å². The zero-order valence-corrected chi connectivity index (χ0v) is 20.1. The second-order valence-electron chi connectivity index (χ2n) is 6.67. The summed E-state index contributed by atoms with van der Waals surface area (Å²) in [5.74, 6) is -2.51. The highest BCUT2D eigenvalue weighted by Gasteiger charge is 2.02. The molecule has 0 aliphatic carbocycles. The lowest BCUT2D eigenvalue weighted by Crippen LogP contribution is -2.18. The Hall–Kier alpha value is -1.64. The number of hydrogen-bond acceptors (Lipinski definition) is 10. The third kappa shape index (κ3) is 35.0. The van der Waals surface area contributed by atoms with E-state index in [1.54, 1.807) is 0 Å². The van der Waals surface area contributed by atoms with Crippen molar-refractivity contribution < 1.29 is 58.4 Å². The minimum absolute atomic E-state index is 0.0329. The van der Waals surface area contributed by atoms with Gasteiger partial charge in [0, 0.05) is 12.2 Å². The van der Waals surface area contributed by atoms with Crippen molar-refractivity contribution in [1.82, 2.24) is 0 Å². The predicted molar refractivity (Wildman–Crippen MR) is 122 cm³/mol. The molecule has 0 aromatic carbocycles. The molecule has 1 atom stereocenters. The van der Waals surface area contributed by atoms with Crippen molar-refractivity contribution in [2.75, 3.05) is 85.9 Å². The second kappa shape index (κ2) is 29.4. The van der Waals surface area contributed by atoms with Crippen LogP contribution >= 0.6 is 0 Å². The van der Waals surface area contributed by atoms with Crippen molar-refractivity contribution >= 4 is 11.9 Å². The summed E-state index contributed by atoms with van der Waals surface area (Å²) < 4.78 is 31.8. The summed E-state index contributed by atoms with van der Waals surface area (Å²) in [6.45, 7) is 7.90. The van der Waals surface area contributed by atoms with Crippen LogP contribution in [0.2, 0.25) is 0 Å². The molecule has 0 heterocycles. The summed E-state index contributed by atoms with van der Waals surface area (Å²) in [4.78, 5) is 19.1. The Morgan fingerprint density at radius 3 is 1.35 bits per heavy atom. The number of ether oxygens (including phenoxy) is 6. The van der Waals surface area contributed by atoms with Crippen molar-refractivity contribution in [3.63, 3.8) is 0 Å². The molecule has 0 saturated carbocycles. The van der Waals surface area contributed by atoms with Crippen LogP contribution in [0.5, 0.6) is 0 Å². The van der Waals surface area contributed by atoms with Gasteiger partial charge in [0.1, 0.15) is 0 Å². The fourth-order valence-electron chi connectivity index (χ4n) is 2.05. The molecule has 4 N–H and O–H groups in total. The van der Waals surface area contributed by atoms with Gasteiger partial charge < -0.3 is 48.8 Å². The van der Waals surface area contributed by atoms with Gasteiger partial charge in [-0.15, -0.1) is 0 Å². The minimum Gasteiger partial charge on any atom is -0.478 e. The molecule has 0 saturated heterocycles. The molecular weight excluding hydrogens is 456 g/mol. The Labute approximate surface area is 201 Å². The van der Waals surface area contributed by atoms with Crippen LogP contribution in [-0.2, 0) is 38.0 Å². The van der Waals surface area contributed by atoms with Crippen molar-refractivity contribution in [3.8, 4) is 0 Å². The average molecular weight is 499 g/mol. The largest absolute Gasteiger partial charge is 0.478 e. The molecule has 0 aromatic heterocycles. The highest BCUT2D eigenvalue weighted by Crippen LogP contribution is 2.00. The summed E-state index contributed by atoms with van der Waals surface area (Å²) in [5.41, 5.74) is 0. The third-order valence-electron chi connectivity index (χ3n) is 3.67. The first-order chi connectivity index (χ1) is 16.4. The van der Waals surface area contributed by atoms with E-state index in [0.717, 1.165) is 19.3 Å². The summed E-state index contributed by atoms with van der Waals surface area (Å²) >= 11 is 0. The maximum Gasteiger partial charge on any atom is 0.328 e. The van der Waals surface area contributed by atoms with E-state index in [0.29, 0.717) is 91.4 Å². The standard InChI is InChI=1S/C18H38O8.C4H4O4/c1-2-3-4-18(20)17-26-16-15-25-14-13-24-12-11-23-10-9-22-8-7-21-6-5-19;5-3(6)1-2-4(7)8/h18-20H,2-17H2,1H3;1-2H,(H,5,6)(H,7,8)/b;2-1-. The molecule has 0 radical (unpaired) electrons. The molecule has 0 spiro atoms. The first-order valence-corrected chi connectivity index (χ1v) is 11.3. The van der Waals surface area contributed by atoms with Crippen LogP contribution in [0.25, 0.3) is 0 Å². The van der Waals surface area contributed by atoms with Gasteiger partial charge in [0.05, 0.1) is 92.0 Å². The van der Waals surface area contributed by atoms with Crippen molar-refractivity contribution in [1.29, 1.82) is 0 Å². The van der Waals surface area contributed by atoms with E-state index in [1.807, 2.05) is 0 Å². The van der Waals surface area contributed by atoms with Gasteiger partial charge in [-0.05, 0) is 6.42 Å². The third-order valence-corrected chi connectivity index (χ3v) is 3.67. The quantitative estimate of drug-likeness (QED) is 0.106. The van der Waals surface area contributed by atoms with Gasteiger partial charge in [-0.1, -0.05) is 19.8 Å². The van der Waals surface area contributed by atoms with Gasteiger partial charge in [0.15, 0.2) is 0 Å². The van der Waals surface area contributed by atoms with Crippen LogP contribution in [0.4, 0.5) is 0 Å². The highest BCUT2D eigenvalue weighted by atomic mass is 16.6. The molecule has 0 aliphatic heterocycles. The lowest BCUT2D eigenvalue weighted by molar-refractivity contribution is -0.134. The Kier molecular flexibility index (Phi) is 29.8. The van der Waals surface area contributed by atoms with Gasteiger partial charge in [-0.3, -0.25) is 0 Å². The van der Waals surface area contributed by atoms with Crippen LogP contribution < -0.4 is 0 Å². The molecule has 0 amide bonds. The summed E-state index contributed by atoms with van der Waals surface area (Å²) in [7, 11) is 0. The Bertz CT molecular complexity index is 457. The fourth-order valence-corrected chi connectivity index (χ4v) is 2.05. The lowest BCUT2D eigenvalue weighted by atomic mass is 10.2. The van der Waals surface area contributed by atoms with Crippen LogP contribution in [0.1, 0.15) is 26.2 Å². The van der Waals surface area contributed by atoms with Crippen LogP contribution in [0.15, 0.2) is 12.2 Å². The van der Waals surface area contributed by atoms with E-state index in [-0.39, 0.29) is 12.7 Å². The number of aliphatic carboxylic acids is 2. The maximum absolute atomic E-state index is 9.60. The first kappa shape index (κ1) is 34.5. The average Bonchev–Trinajstić information content (AvgIpc) is 2.81. The molecule has 12 nitrogen and oxygen atoms in total. The van der Waals surface area contributed by atoms with E-state index < -0.39 is 11.9 Å². The summed E-state index contributed by atoms with van der Waals surface area (Å²) in [6.07, 6.45) is 3.64. The molecule has 0 bridgehead atoms. The number of carbonyl (C=O) groups is 2. The highest BCUT2D eigenvalue weighted by molar-refractivity contribution is 5.89. The Morgan fingerprint density at radius 2 is 1.03 bits per heavy atom. The molecule has 0 aliphatic rings. The number of carboxylic acids is 2. The number of aliphatic hydroxyl groups excluding tert-OH is 2. The monoisotopic (exact) mass is 498 g/mol. The van der Waals surface area contributed by atoms with E-state index in [4.69, 9.17) is 43.7 Å². The topological polar surface area (TPSA) is 170 Å². The smallest absolute Gasteiger partial charge is 0.328 e. The molecular formula is C22H42O12. The van der Waals surface area contributed by atoms with Gasteiger partial charge in [0.2, 0.25) is 0 Å². The molecule has 0 aromatic rings. The lowest BCUT2D eigenvalue weighted by Gasteiger charge is -2.11. The first-order valence-electron chi connectivity index (χ1n) is 11.3. The SMILES string of the molecule is CCCCC(O)COCCOCCOCCOCCOCCOCCO.O=C(O)/C=C\C(=O)O. The molecule has 34 heavy (non-hydrogen) atoms. The molecule has 12 heteroatoms. The van der Waals surface area contributed by atoms with Gasteiger partial charge in [0.25, 0.3) is 0 Å². The second-order valence-corrected chi connectivity index (χ2v) is 6.67. The number of hydrogen-bond donors (Lipinski definition) is 4. The van der Waals surface area contributed by atoms with E-state index in [1.165, 1.54) is 0 Å². The van der Waals surface area contributed by atoms with E-state index >= 15 is 0 Å². The van der Waals surface area contributed by atoms with Gasteiger partial charge in [-0.2, -0.15) is 0 Å². The van der Waals surface area contributed by atoms with Crippen LogP contribution in [0.3, 0.4) is 0 Å². The summed E-state index contributed by atoms with van der Waals surface area (Å²) in [6, 6.07) is 0. The maximum atomic E-state index is 9.60.